The SMILES string of the molecule is O=C(NCCc1nnc2ccc(N3CCCCC3)nn12)c1cccc(Cl)c1. The smallest absolute Gasteiger partial charge is 0.251 e. The van der Waals surface area contributed by atoms with Gasteiger partial charge < -0.3 is 10.2 Å². The van der Waals surface area contributed by atoms with Gasteiger partial charge in [-0.2, -0.15) is 4.52 Å². The number of hydrogen-bond donors (Lipinski definition) is 1. The molecule has 3 aromatic rings. The minimum absolute atomic E-state index is 0.159. The minimum atomic E-state index is -0.159. The van der Waals surface area contributed by atoms with Gasteiger partial charge in [-0.05, 0) is 49.6 Å². The first-order valence-corrected chi connectivity index (χ1v) is 9.58. The molecule has 7 nitrogen and oxygen atoms in total. The average Bonchev–Trinajstić information content (AvgIpc) is 3.11. The number of hydrogen-bond acceptors (Lipinski definition) is 5. The van der Waals surface area contributed by atoms with E-state index in [4.69, 9.17) is 16.7 Å². The second-order valence-electron chi connectivity index (χ2n) is 6.64. The Morgan fingerprint density at radius 3 is 2.78 bits per heavy atom. The predicted molar refractivity (Wildman–Crippen MR) is 104 cm³/mol. The Bertz CT molecular complexity index is 950. The highest BCUT2D eigenvalue weighted by Crippen LogP contribution is 2.18. The van der Waals surface area contributed by atoms with Crippen molar-refractivity contribution in [1.82, 2.24) is 25.1 Å². The van der Waals surface area contributed by atoms with Crippen LogP contribution in [0, 0.1) is 0 Å². The summed E-state index contributed by atoms with van der Waals surface area (Å²) in [4.78, 5) is 14.5. The summed E-state index contributed by atoms with van der Waals surface area (Å²) in [7, 11) is 0. The highest BCUT2D eigenvalue weighted by Gasteiger charge is 2.15. The van der Waals surface area contributed by atoms with E-state index in [0.29, 0.717) is 29.2 Å². The fourth-order valence-corrected chi connectivity index (χ4v) is 3.48. The van der Waals surface area contributed by atoms with Crippen molar-refractivity contribution in [3.8, 4) is 0 Å². The molecular formula is C19H21ClN6O. The van der Waals surface area contributed by atoms with Crippen molar-refractivity contribution < 1.29 is 4.79 Å². The Kier molecular flexibility index (Phi) is 5.20. The Morgan fingerprint density at radius 1 is 1.11 bits per heavy atom. The number of amides is 1. The Hall–Kier alpha value is -2.67. The van der Waals surface area contributed by atoms with Crippen LogP contribution in [0.2, 0.25) is 5.02 Å². The molecular weight excluding hydrogens is 364 g/mol. The largest absolute Gasteiger partial charge is 0.355 e. The zero-order chi connectivity index (χ0) is 18.6. The van der Waals surface area contributed by atoms with Crippen molar-refractivity contribution in [2.75, 3.05) is 24.5 Å². The summed E-state index contributed by atoms with van der Waals surface area (Å²) in [5.41, 5.74) is 1.26. The molecule has 0 saturated carbocycles. The second kappa shape index (κ2) is 7.92. The van der Waals surface area contributed by atoms with Crippen LogP contribution < -0.4 is 10.2 Å². The van der Waals surface area contributed by atoms with Crippen molar-refractivity contribution in [3.05, 3.63) is 52.8 Å². The normalized spacial score (nSPS) is 14.5. The van der Waals surface area contributed by atoms with Gasteiger partial charge >= 0.3 is 0 Å². The third-order valence-electron chi connectivity index (χ3n) is 4.71. The molecule has 1 aliphatic heterocycles. The zero-order valence-electron chi connectivity index (χ0n) is 14.9. The summed E-state index contributed by atoms with van der Waals surface area (Å²) >= 11 is 5.93. The van der Waals surface area contributed by atoms with Crippen molar-refractivity contribution >= 4 is 29.0 Å². The van der Waals surface area contributed by atoms with Crippen molar-refractivity contribution in [3.63, 3.8) is 0 Å². The van der Waals surface area contributed by atoms with E-state index in [-0.39, 0.29) is 5.91 Å². The summed E-state index contributed by atoms with van der Waals surface area (Å²) in [6.07, 6.45) is 4.22. The number of carbonyl (C=O) groups excluding carboxylic acids is 1. The molecule has 140 valence electrons. The number of anilines is 1. The molecule has 1 N–H and O–H groups in total. The van der Waals surface area contributed by atoms with E-state index in [1.807, 2.05) is 12.1 Å². The van der Waals surface area contributed by atoms with Crippen LogP contribution >= 0.6 is 11.6 Å². The number of rotatable bonds is 5. The zero-order valence-corrected chi connectivity index (χ0v) is 15.7. The summed E-state index contributed by atoms with van der Waals surface area (Å²) in [5.74, 6) is 1.52. The van der Waals surface area contributed by atoms with Gasteiger partial charge in [0, 0.05) is 36.6 Å². The molecule has 0 spiro atoms. The molecule has 2 aromatic heterocycles. The number of halogens is 1. The summed E-state index contributed by atoms with van der Waals surface area (Å²) in [6.45, 7) is 2.51. The van der Waals surface area contributed by atoms with Crippen LogP contribution in [0.5, 0.6) is 0 Å². The molecule has 1 amide bonds. The van der Waals surface area contributed by atoms with Crippen LogP contribution in [0.3, 0.4) is 0 Å². The molecule has 1 saturated heterocycles. The molecule has 1 aromatic carbocycles. The van der Waals surface area contributed by atoms with E-state index >= 15 is 0 Å². The number of fused-ring (bicyclic) bond motifs is 1. The molecule has 0 bridgehead atoms. The fraction of sp³-hybridized carbons (Fsp3) is 0.368. The lowest BCUT2D eigenvalue weighted by Gasteiger charge is -2.27. The third-order valence-corrected chi connectivity index (χ3v) is 4.95. The summed E-state index contributed by atoms with van der Waals surface area (Å²) in [5, 5.41) is 16.5. The number of piperidine rings is 1. The molecule has 0 unspecified atom stereocenters. The van der Waals surface area contributed by atoms with E-state index in [1.54, 1.807) is 28.8 Å². The molecule has 8 heteroatoms. The highest BCUT2D eigenvalue weighted by atomic mass is 35.5. The first-order chi connectivity index (χ1) is 13.2. The molecule has 27 heavy (non-hydrogen) atoms. The maximum atomic E-state index is 12.2. The Labute approximate surface area is 162 Å². The predicted octanol–water partition coefficient (Wildman–Crippen LogP) is 2.74. The number of benzene rings is 1. The Morgan fingerprint density at radius 2 is 1.96 bits per heavy atom. The third kappa shape index (κ3) is 4.03. The second-order valence-corrected chi connectivity index (χ2v) is 7.08. The average molecular weight is 385 g/mol. The van der Waals surface area contributed by atoms with E-state index in [0.717, 1.165) is 24.7 Å². The van der Waals surface area contributed by atoms with Crippen LogP contribution in [-0.4, -0.2) is 45.4 Å². The van der Waals surface area contributed by atoms with Crippen molar-refractivity contribution in [1.29, 1.82) is 0 Å². The van der Waals surface area contributed by atoms with Gasteiger partial charge in [-0.1, -0.05) is 17.7 Å². The van der Waals surface area contributed by atoms with Gasteiger partial charge in [0.25, 0.3) is 5.91 Å². The van der Waals surface area contributed by atoms with Crippen LogP contribution in [0.25, 0.3) is 5.65 Å². The van der Waals surface area contributed by atoms with E-state index < -0.39 is 0 Å². The van der Waals surface area contributed by atoms with Crippen LogP contribution in [0.4, 0.5) is 5.82 Å². The molecule has 3 heterocycles. The summed E-state index contributed by atoms with van der Waals surface area (Å²) < 4.78 is 1.77. The highest BCUT2D eigenvalue weighted by molar-refractivity contribution is 6.30. The topological polar surface area (TPSA) is 75.4 Å². The first-order valence-electron chi connectivity index (χ1n) is 9.21. The van der Waals surface area contributed by atoms with Crippen LogP contribution in [0.15, 0.2) is 36.4 Å². The lowest BCUT2D eigenvalue weighted by atomic mass is 10.1. The number of aromatic nitrogens is 4. The van der Waals surface area contributed by atoms with Gasteiger partial charge in [0.2, 0.25) is 0 Å². The fourth-order valence-electron chi connectivity index (χ4n) is 3.29. The quantitative estimate of drug-likeness (QED) is 0.732. The van der Waals surface area contributed by atoms with Crippen LogP contribution in [0.1, 0.15) is 35.4 Å². The molecule has 0 atom stereocenters. The van der Waals surface area contributed by atoms with Gasteiger partial charge in [-0.15, -0.1) is 15.3 Å². The standard InChI is InChI=1S/C19H21ClN6O/c20-15-6-4-5-14(13-15)19(27)21-10-9-17-23-22-16-7-8-18(24-26(16)17)25-11-2-1-3-12-25/h4-8,13H,1-3,9-12H2,(H,21,27). The van der Waals surface area contributed by atoms with Gasteiger partial charge in [-0.25, -0.2) is 0 Å². The van der Waals surface area contributed by atoms with Gasteiger partial charge in [0.15, 0.2) is 11.5 Å². The van der Waals surface area contributed by atoms with Gasteiger partial charge in [-0.3, -0.25) is 4.79 Å². The van der Waals surface area contributed by atoms with Gasteiger partial charge in [0.05, 0.1) is 0 Å². The van der Waals surface area contributed by atoms with E-state index in [9.17, 15) is 4.79 Å². The number of carbonyl (C=O) groups is 1. The van der Waals surface area contributed by atoms with Gasteiger partial charge in [0.1, 0.15) is 5.82 Å². The van der Waals surface area contributed by atoms with Crippen molar-refractivity contribution in [2.45, 2.75) is 25.7 Å². The van der Waals surface area contributed by atoms with E-state index in [2.05, 4.69) is 20.4 Å². The number of nitrogens with one attached hydrogen (secondary N) is 1. The molecule has 0 aliphatic carbocycles. The lowest BCUT2D eigenvalue weighted by molar-refractivity contribution is 0.0954. The van der Waals surface area contributed by atoms with Crippen molar-refractivity contribution in [2.24, 2.45) is 0 Å². The Balaban J connectivity index is 1.43. The lowest BCUT2D eigenvalue weighted by Crippen LogP contribution is -2.30. The molecule has 1 aliphatic rings. The summed E-state index contributed by atoms with van der Waals surface area (Å²) in [6, 6.07) is 10.8. The monoisotopic (exact) mass is 384 g/mol. The first kappa shape index (κ1) is 17.7. The number of nitrogens with zero attached hydrogens (tertiary/aromatic N) is 5. The molecule has 4 rings (SSSR count). The van der Waals surface area contributed by atoms with Crippen LogP contribution in [-0.2, 0) is 6.42 Å². The maximum absolute atomic E-state index is 12.2. The van der Waals surface area contributed by atoms with E-state index in [1.165, 1.54) is 19.3 Å². The molecule has 1 fully saturated rings. The maximum Gasteiger partial charge on any atom is 0.251 e. The molecule has 0 radical (unpaired) electrons. The minimum Gasteiger partial charge on any atom is -0.355 e.